The second kappa shape index (κ2) is 12.7. The molecule has 1 aromatic carbocycles. The second-order valence-corrected chi connectivity index (χ2v) is 5.11. The maximum atomic E-state index is 12.6. The second-order valence-electron chi connectivity index (χ2n) is 5.11. The summed E-state index contributed by atoms with van der Waals surface area (Å²) in [7, 11) is 5.07. The molecule has 0 aliphatic rings. The van der Waals surface area contributed by atoms with E-state index in [2.05, 4.69) is 21.6 Å². The number of guanidine groups is 1. The van der Waals surface area contributed by atoms with E-state index in [9.17, 15) is 8.78 Å². The number of hydrogen-bond donors (Lipinski definition) is 1. The highest BCUT2D eigenvalue weighted by Crippen LogP contribution is 2.26. The van der Waals surface area contributed by atoms with Crippen LogP contribution in [0, 0.1) is 0 Å². The van der Waals surface area contributed by atoms with Gasteiger partial charge in [-0.25, -0.2) is 0 Å². The smallest absolute Gasteiger partial charge is 0.387 e. The first-order chi connectivity index (χ1) is 11.5. The number of unbranched alkanes of at least 4 members (excludes halogenated alkanes) is 1. The molecule has 142 valence electrons. The molecule has 8 heteroatoms. The monoisotopic (exact) mass is 469 g/mol. The van der Waals surface area contributed by atoms with E-state index in [0.29, 0.717) is 23.8 Å². The van der Waals surface area contributed by atoms with Crippen molar-refractivity contribution in [2.75, 3.05) is 27.7 Å². The van der Waals surface area contributed by atoms with Crippen LogP contribution < -0.4 is 14.8 Å². The molecule has 1 aromatic rings. The predicted molar refractivity (Wildman–Crippen MR) is 107 cm³/mol. The number of alkyl halides is 2. The summed E-state index contributed by atoms with van der Waals surface area (Å²) >= 11 is 0. The summed E-state index contributed by atoms with van der Waals surface area (Å²) in [5, 5.41) is 3.15. The molecule has 0 atom stereocenters. The van der Waals surface area contributed by atoms with Crippen molar-refractivity contribution >= 4 is 29.9 Å². The molecule has 0 aromatic heterocycles. The fourth-order valence-electron chi connectivity index (χ4n) is 2.15. The molecule has 25 heavy (non-hydrogen) atoms. The van der Waals surface area contributed by atoms with Gasteiger partial charge in [0.2, 0.25) is 0 Å². The topological polar surface area (TPSA) is 46.1 Å². The average molecular weight is 469 g/mol. The van der Waals surface area contributed by atoms with Crippen LogP contribution in [0.5, 0.6) is 11.5 Å². The van der Waals surface area contributed by atoms with E-state index in [1.54, 1.807) is 19.2 Å². The number of allylic oxidation sites excluding steroid dienone is 1. The minimum atomic E-state index is -2.89. The number of benzene rings is 1. The van der Waals surface area contributed by atoms with Crippen LogP contribution >= 0.6 is 24.0 Å². The van der Waals surface area contributed by atoms with Crippen molar-refractivity contribution in [3.05, 3.63) is 36.4 Å². The summed E-state index contributed by atoms with van der Waals surface area (Å²) in [4.78, 5) is 6.17. The van der Waals surface area contributed by atoms with Crippen LogP contribution in [0.2, 0.25) is 0 Å². The summed E-state index contributed by atoms with van der Waals surface area (Å²) in [6.45, 7) is 1.93. The zero-order valence-corrected chi connectivity index (χ0v) is 17.1. The molecule has 0 saturated carbocycles. The van der Waals surface area contributed by atoms with Crippen molar-refractivity contribution in [1.82, 2.24) is 10.2 Å². The van der Waals surface area contributed by atoms with Crippen LogP contribution in [0.15, 0.2) is 35.8 Å². The normalized spacial score (nSPS) is 10.9. The van der Waals surface area contributed by atoms with E-state index in [0.717, 1.165) is 19.4 Å². The summed E-state index contributed by atoms with van der Waals surface area (Å²) in [5.74, 6) is 1.22. The molecule has 0 spiro atoms. The molecule has 5 nitrogen and oxygen atoms in total. The molecular weight excluding hydrogens is 443 g/mol. The Morgan fingerprint density at radius 2 is 2.16 bits per heavy atom. The first-order valence-corrected chi connectivity index (χ1v) is 7.66. The van der Waals surface area contributed by atoms with E-state index >= 15 is 0 Å². The van der Waals surface area contributed by atoms with Crippen LogP contribution in [0.4, 0.5) is 8.78 Å². The third-order valence-electron chi connectivity index (χ3n) is 3.40. The minimum absolute atomic E-state index is 0. The summed E-state index contributed by atoms with van der Waals surface area (Å²) in [6, 6.07) is 4.83. The molecule has 0 heterocycles. The van der Waals surface area contributed by atoms with E-state index < -0.39 is 6.61 Å². The number of rotatable bonds is 9. The Kier molecular flexibility index (Phi) is 11.9. The van der Waals surface area contributed by atoms with Crippen LogP contribution in [-0.4, -0.2) is 45.2 Å². The summed E-state index contributed by atoms with van der Waals surface area (Å²) in [5.41, 5.74) is 0.594. The van der Waals surface area contributed by atoms with Crippen molar-refractivity contribution in [2.45, 2.75) is 26.0 Å². The number of nitrogens with one attached hydrogen (secondary N) is 1. The Bertz CT molecular complexity index is 557. The van der Waals surface area contributed by atoms with Crippen molar-refractivity contribution in [1.29, 1.82) is 0 Å². The molecule has 1 rings (SSSR count). The third-order valence-corrected chi connectivity index (χ3v) is 3.40. The van der Waals surface area contributed by atoms with Crippen molar-refractivity contribution in [2.24, 2.45) is 4.99 Å². The fraction of sp³-hybridized carbons (Fsp3) is 0.471. The van der Waals surface area contributed by atoms with Gasteiger partial charge >= 0.3 is 6.61 Å². The standard InChI is InChI=1S/C17H25F2N3O2.HI/c1-5-6-7-10-22(3)17(20-2)21-12-13-8-9-14(23-4)11-15(13)24-16(18)19;/h5,8-9,11,16H,1,6-7,10,12H2,2-4H3,(H,20,21);1H. The van der Waals surface area contributed by atoms with Gasteiger partial charge < -0.3 is 19.7 Å². The van der Waals surface area contributed by atoms with Gasteiger partial charge in [0.1, 0.15) is 11.5 Å². The van der Waals surface area contributed by atoms with Gasteiger partial charge in [-0.3, -0.25) is 4.99 Å². The number of nitrogens with zero attached hydrogens (tertiary/aromatic N) is 2. The quantitative estimate of drug-likeness (QED) is 0.196. The lowest BCUT2D eigenvalue weighted by Gasteiger charge is -2.22. The third kappa shape index (κ3) is 8.37. The maximum absolute atomic E-state index is 12.6. The highest BCUT2D eigenvalue weighted by atomic mass is 127. The zero-order valence-electron chi connectivity index (χ0n) is 14.8. The Morgan fingerprint density at radius 3 is 2.72 bits per heavy atom. The molecule has 0 aliphatic heterocycles. The van der Waals surface area contributed by atoms with Gasteiger partial charge in [-0.05, 0) is 25.0 Å². The van der Waals surface area contributed by atoms with Crippen molar-refractivity contribution in [3.8, 4) is 11.5 Å². The molecule has 0 bridgehead atoms. The van der Waals surface area contributed by atoms with Crippen LogP contribution in [0.25, 0.3) is 0 Å². The van der Waals surface area contributed by atoms with Gasteiger partial charge in [0.05, 0.1) is 7.11 Å². The molecule has 0 aliphatic carbocycles. The Balaban J connectivity index is 0.00000576. The number of halogens is 3. The number of ether oxygens (including phenoxy) is 2. The Morgan fingerprint density at radius 1 is 1.44 bits per heavy atom. The molecule has 0 saturated heterocycles. The largest absolute Gasteiger partial charge is 0.497 e. The average Bonchev–Trinajstić information content (AvgIpc) is 2.56. The van der Waals surface area contributed by atoms with E-state index in [-0.39, 0.29) is 29.7 Å². The fourth-order valence-corrected chi connectivity index (χ4v) is 2.15. The SMILES string of the molecule is C=CCCCN(C)C(=NC)NCc1ccc(OC)cc1OC(F)F.I. The van der Waals surface area contributed by atoms with Gasteiger partial charge in [0.25, 0.3) is 0 Å². The van der Waals surface area contributed by atoms with Gasteiger partial charge in [-0.1, -0.05) is 6.08 Å². The minimum Gasteiger partial charge on any atom is -0.497 e. The molecule has 0 unspecified atom stereocenters. The molecule has 0 fully saturated rings. The van der Waals surface area contributed by atoms with Gasteiger partial charge in [-0.15, -0.1) is 30.6 Å². The molecule has 0 amide bonds. The lowest BCUT2D eigenvalue weighted by molar-refractivity contribution is -0.0505. The highest BCUT2D eigenvalue weighted by Gasteiger charge is 2.12. The van der Waals surface area contributed by atoms with Gasteiger partial charge in [-0.2, -0.15) is 8.78 Å². The van der Waals surface area contributed by atoms with Crippen LogP contribution in [0.1, 0.15) is 18.4 Å². The Labute approximate surface area is 165 Å². The predicted octanol–water partition coefficient (Wildman–Crippen LogP) is 3.89. The van der Waals surface area contributed by atoms with E-state index in [4.69, 9.17) is 4.74 Å². The van der Waals surface area contributed by atoms with Crippen LogP contribution in [-0.2, 0) is 6.54 Å². The summed E-state index contributed by atoms with van der Waals surface area (Å²) < 4.78 is 34.8. The lowest BCUT2D eigenvalue weighted by atomic mass is 10.2. The van der Waals surface area contributed by atoms with Crippen molar-refractivity contribution < 1.29 is 18.3 Å². The first-order valence-electron chi connectivity index (χ1n) is 7.66. The number of methoxy groups -OCH3 is 1. The van der Waals surface area contributed by atoms with Crippen LogP contribution in [0.3, 0.4) is 0 Å². The zero-order chi connectivity index (χ0) is 17.9. The van der Waals surface area contributed by atoms with Gasteiger partial charge in [0, 0.05) is 38.8 Å². The number of aliphatic imine (C=N–C) groups is 1. The first kappa shape index (κ1) is 23.4. The molecule has 1 N–H and O–H groups in total. The van der Waals surface area contributed by atoms with E-state index in [1.807, 2.05) is 18.0 Å². The Hall–Kier alpha value is -1.58. The van der Waals surface area contributed by atoms with Gasteiger partial charge in [0.15, 0.2) is 5.96 Å². The van der Waals surface area contributed by atoms with Crippen molar-refractivity contribution in [3.63, 3.8) is 0 Å². The number of hydrogen-bond acceptors (Lipinski definition) is 3. The van der Waals surface area contributed by atoms with E-state index in [1.165, 1.54) is 13.2 Å². The lowest BCUT2D eigenvalue weighted by Crippen LogP contribution is -2.39. The highest BCUT2D eigenvalue weighted by molar-refractivity contribution is 14.0. The maximum Gasteiger partial charge on any atom is 0.387 e. The summed E-state index contributed by atoms with van der Waals surface area (Å²) in [6.07, 6.45) is 3.75. The molecule has 0 radical (unpaired) electrons. The molecular formula is C17H26F2IN3O2.